The third-order valence-corrected chi connectivity index (χ3v) is 5.16. The summed E-state index contributed by atoms with van der Waals surface area (Å²) in [4.78, 5) is 15.3. The van der Waals surface area contributed by atoms with E-state index < -0.39 is 0 Å². The zero-order valence-electron chi connectivity index (χ0n) is 13.6. The highest BCUT2D eigenvalue weighted by Crippen LogP contribution is 2.31. The minimum Gasteiger partial charge on any atom is -0.383 e. The summed E-state index contributed by atoms with van der Waals surface area (Å²) in [7, 11) is 3.96. The van der Waals surface area contributed by atoms with Crippen molar-refractivity contribution in [2.45, 2.75) is 25.8 Å². The lowest BCUT2D eigenvalue weighted by Crippen LogP contribution is -2.45. The van der Waals surface area contributed by atoms with E-state index in [2.05, 4.69) is 33.3 Å². The van der Waals surface area contributed by atoms with E-state index in [-0.39, 0.29) is 0 Å². The Kier molecular flexibility index (Phi) is 4.90. The minimum absolute atomic E-state index is 0.531. The number of aryl methyl sites for hydroxylation is 1. The number of piperidine rings is 1. The fraction of sp³-hybridized carbons (Fsp3) is 0.625. The Morgan fingerprint density at radius 1 is 1.36 bits per heavy atom. The van der Waals surface area contributed by atoms with Crippen LogP contribution in [0.25, 0.3) is 10.2 Å². The first-order chi connectivity index (χ1) is 10.7. The molecule has 0 bridgehead atoms. The predicted octanol–water partition coefficient (Wildman–Crippen LogP) is 2.55. The van der Waals surface area contributed by atoms with E-state index in [9.17, 15) is 0 Å². The molecule has 6 heteroatoms. The summed E-state index contributed by atoms with van der Waals surface area (Å²) in [6.07, 6.45) is 2.35. The van der Waals surface area contributed by atoms with Gasteiger partial charge in [0.25, 0.3) is 0 Å². The highest BCUT2D eigenvalue weighted by Gasteiger charge is 2.26. The lowest BCUT2D eigenvalue weighted by atomic mass is 10.0. The molecule has 0 unspecified atom stereocenters. The van der Waals surface area contributed by atoms with Crippen LogP contribution in [-0.2, 0) is 4.74 Å². The van der Waals surface area contributed by atoms with E-state index in [1.54, 1.807) is 18.4 Å². The molecule has 1 fully saturated rings. The Morgan fingerprint density at radius 2 is 2.14 bits per heavy atom. The number of ether oxygens (including phenoxy) is 1. The van der Waals surface area contributed by atoms with Crippen molar-refractivity contribution < 1.29 is 4.74 Å². The summed E-state index contributed by atoms with van der Waals surface area (Å²) in [6.45, 7) is 5.87. The van der Waals surface area contributed by atoms with Crippen LogP contribution >= 0.6 is 11.3 Å². The molecule has 0 aromatic carbocycles. The number of methoxy groups -OCH3 is 1. The van der Waals surface area contributed by atoms with Crippen molar-refractivity contribution in [2.75, 3.05) is 45.3 Å². The predicted molar refractivity (Wildman–Crippen MR) is 91.9 cm³/mol. The van der Waals surface area contributed by atoms with Crippen LogP contribution in [0.1, 0.15) is 18.7 Å². The SMILES string of the molecule is COCCN(c1nc(C)nc2sccc12)C1CCN(C)CC1. The van der Waals surface area contributed by atoms with E-state index in [1.807, 2.05) is 6.92 Å². The number of thiophene rings is 1. The highest BCUT2D eigenvalue weighted by atomic mass is 32.1. The maximum absolute atomic E-state index is 5.34. The summed E-state index contributed by atoms with van der Waals surface area (Å²) in [6, 6.07) is 2.67. The molecule has 5 nitrogen and oxygen atoms in total. The quantitative estimate of drug-likeness (QED) is 0.847. The van der Waals surface area contributed by atoms with E-state index >= 15 is 0 Å². The molecule has 0 saturated carbocycles. The van der Waals surface area contributed by atoms with E-state index in [4.69, 9.17) is 9.72 Å². The van der Waals surface area contributed by atoms with Gasteiger partial charge in [-0.25, -0.2) is 9.97 Å². The van der Waals surface area contributed by atoms with Crippen LogP contribution in [-0.4, -0.2) is 61.3 Å². The van der Waals surface area contributed by atoms with Gasteiger partial charge in [0, 0.05) is 19.7 Å². The molecule has 1 aliphatic rings. The zero-order chi connectivity index (χ0) is 15.5. The lowest BCUT2D eigenvalue weighted by molar-refractivity contribution is 0.194. The van der Waals surface area contributed by atoms with Gasteiger partial charge in [-0.2, -0.15) is 0 Å². The second-order valence-electron chi connectivity index (χ2n) is 5.95. The van der Waals surface area contributed by atoms with Gasteiger partial charge in [-0.3, -0.25) is 0 Å². The first-order valence-corrected chi connectivity index (χ1v) is 8.73. The van der Waals surface area contributed by atoms with Gasteiger partial charge in [-0.1, -0.05) is 0 Å². The molecular formula is C16H24N4OS. The van der Waals surface area contributed by atoms with E-state index in [0.717, 1.165) is 42.7 Å². The topological polar surface area (TPSA) is 41.5 Å². The third-order valence-electron chi connectivity index (χ3n) is 4.35. The van der Waals surface area contributed by atoms with Crippen molar-refractivity contribution in [3.05, 3.63) is 17.3 Å². The molecule has 22 heavy (non-hydrogen) atoms. The number of nitrogens with zero attached hydrogens (tertiary/aromatic N) is 4. The van der Waals surface area contributed by atoms with Gasteiger partial charge in [0.05, 0.1) is 12.0 Å². The summed E-state index contributed by atoms with van der Waals surface area (Å²) in [5.74, 6) is 1.93. The first kappa shape index (κ1) is 15.6. The van der Waals surface area contributed by atoms with Gasteiger partial charge in [0.1, 0.15) is 16.5 Å². The molecule has 0 aliphatic carbocycles. The number of rotatable bonds is 5. The molecule has 120 valence electrons. The maximum Gasteiger partial charge on any atom is 0.141 e. The van der Waals surface area contributed by atoms with Crippen LogP contribution in [0.3, 0.4) is 0 Å². The Labute approximate surface area is 135 Å². The Morgan fingerprint density at radius 3 is 2.86 bits per heavy atom. The minimum atomic E-state index is 0.531. The van der Waals surface area contributed by atoms with Crippen LogP contribution in [0.2, 0.25) is 0 Å². The van der Waals surface area contributed by atoms with Crippen LogP contribution in [0.15, 0.2) is 11.4 Å². The number of hydrogen-bond acceptors (Lipinski definition) is 6. The van der Waals surface area contributed by atoms with Crippen molar-refractivity contribution in [3.8, 4) is 0 Å². The largest absolute Gasteiger partial charge is 0.383 e. The second kappa shape index (κ2) is 6.89. The molecule has 2 aromatic rings. The van der Waals surface area contributed by atoms with Gasteiger partial charge >= 0.3 is 0 Å². The summed E-state index contributed by atoms with van der Waals surface area (Å²) >= 11 is 1.69. The standard InChI is InChI=1S/C16H24N4OS/c1-12-17-15(14-6-11-22-16(14)18-12)20(9-10-21-3)13-4-7-19(2)8-5-13/h6,11,13H,4-5,7-10H2,1-3H3. The lowest BCUT2D eigenvalue weighted by Gasteiger charge is -2.38. The average molecular weight is 320 g/mol. The molecule has 0 amide bonds. The van der Waals surface area contributed by atoms with Crippen molar-refractivity contribution in [2.24, 2.45) is 0 Å². The number of hydrogen-bond donors (Lipinski definition) is 0. The van der Waals surface area contributed by atoms with Gasteiger partial charge in [-0.15, -0.1) is 11.3 Å². The number of aromatic nitrogens is 2. The molecule has 3 rings (SSSR count). The average Bonchev–Trinajstić information content (AvgIpc) is 2.97. The van der Waals surface area contributed by atoms with Gasteiger partial charge in [0.2, 0.25) is 0 Å². The van der Waals surface area contributed by atoms with Crippen molar-refractivity contribution in [3.63, 3.8) is 0 Å². The van der Waals surface area contributed by atoms with Gasteiger partial charge in [0.15, 0.2) is 0 Å². The molecule has 0 spiro atoms. The fourth-order valence-electron chi connectivity index (χ4n) is 3.12. The summed E-state index contributed by atoms with van der Waals surface area (Å²) in [5.41, 5.74) is 0. The number of anilines is 1. The zero-order valence-corrected chi connectivity index (χ0v) is 14.4. The van der Waals surface area contributed by atoms with Gasteiger partial charge in [-0.05, 0) is 51.3 Å². The first-order valence-electron chi connectivity index (χ1n) is 7.85. The van der Waals surface area contributed by atoms with Crippen LogP contribution < -0.4 is 4.90 Å². The van der Waals surface area contributed by atoms with Crippen molar-refractivity contribution >= 4 is 27.4 Å². The molecule has 1 saturated heterocycles. The Hall–Kier alpha value is -1.24. The van der Waals surface area contributed by atoms with Crippen molar-refractivity contribution in [1.29, 1.82) is 0 Å². The van der Waals surface area contributed by atoms with Crippen LogP contribution in [0.5, 0.6) is 0 Å². The number of likely N-dealkylation sites (tertiary alicyclic amines) is 1. The normalized spacial score (nSPS) is 17.2. The third kappa shape index (κ3) is 3.24. The smallest absolute Gasteiger partial charge is 0.141 e. The second-order valence-corrected chi connectivity index (χ2v) is 6.85. The monoisotopic (exact) mass is 320 g/mol. The van der Waals surface area contributed by atoms with Crippen LogP contribution in [0.4, 0.5) is 5.82 Å². The Balaban J connectivity index is 1.94. The van der Waals surface area contributed by atoms with Gasteiger partial charge < -0.3 is 14.5 Å². The van der Waals surface area contributed by atoms with E-state index in [1.165, 1.54) is 18.2 Å². The molecule has 0 N–H and O–H groups in total. The van der Waals surface area contributed by atoms with Crippen LogP contribution in [0, 0.1) is 6.92 Å². The van der Waals surface area contributed by atoms with E-state index in [0.29, 0.717) is 6.04 Å². The molecule has 0 atom stereocenters. The molecular weight excluding hydrogens is 296 g/mol. The molecule has 3 heterocycles. The summed E-state index contributed by atoms with van der Waals surface area (Å²) in [5, 5.41) is 3.27. The van der Waals surface area contributed by atoms with Crippen molar-refractivity contribution in [1.82, 2.24) is 14.9 Å². The summed E-state index contributed by atoms with van der Waals surface area (Å²) < 4.78 is 5.34. The Bertz CT molecular complexity index is 622. The number of fused-ring (bicyclic) bond motifs is 1. The molecule has 2 aromatic heterocycles. The highest BCUT2D eigenvalue weighted by molar-refractivity contribution is 7.16. The maximum atomic E-state index is 5.34. The molecule has 1 aliphatic heterocycles. The molecule has 0 radical (unpaired) electrons. The fourth-order valence-corrected chi connectivity index (χ4v) is 3.92.